The van der Waals surface area contributed by atoms with Gasteiger partial charge in [-0.25, -0.2) is 4.79 Å². The Balaban J connectivity index is 2.21. The molecule has 1 heterocycles. The van der Waals surface area contributed by atoms with E-state index >= 15 is 0 Å². The summed E-state index contributed by atoms with van der Waals surface area (Å²) >= 11 is 0. The van der Waals surface area contributed by atoms with Gasteiger partial charge in [-0.2, -0.15) is 0 Å². The third-order valence-corrected chi connectivity index (χ3v) is 5.99. The Hall–Kier alpha value is -3.67. The van der Waals surface area contributed by atoms with Crippen LogP contribution in [0.2, 0.25) is 0 Å². The van der Waals surface area contributed by atoms with Crippen molar-refractivity contribution in [1.82, 2.24) is 21.3 Å². The largest absolute Gasteiger partial charge is 0.508 e. The van der Waals surface area contributed by atoms with E-state index in [1.165, 1.54) is 12.1 Å². The van der Waals surface area contributed by atoms with Crippen molar-refractivity contribution in [3.63, 3.8) is 0 Å². The van der Waals surface area contributed by atoms with Crippen molar-refractivity contribution >= 4 is 29.7 Å². The summed E-state index contributed by atoms with van der Waals surface area (Å²) in [5.41, 5.74) is 0.632. The Kier molecular flexibility index (Phi) is 11.3. The maximum absolute atomic E-state index is 13.3. The fourth-order valence-electron chi connectivity index (χ4n) is 4.03. The zero-order valence-electron chi connectivity index (χ0n) is 21.0. The molecule has 3 amide bonds. The van der Waals surface area contributed by atoms with Crippen LogP contribution in [0.1, 0.15) is 51.5 Å². The van der Waals surface area contributed by atoms with Gasteiger partial charge < -0.3 is 36.6 Å². The predicted molar refractivity (Wildman–Crippen MR) is 133 cm³/mol. The van der Waals surface area contributed by atoms with E-state index in [0.29, 0.717) is 18.5 Å². The second-order valence-corrected chi connectivity index (χ2v) is 9.60. The van der Waals surface area contributed by atoms with E-state index in [9.17, 15) is 34.2 Å². The zero-order valence-corrected chi connectivity index (χ0v) is 21.0. The zero-order chi connectivity index (χ0) is 27.5. The second kappa shape index (κ2) is 14.2. The summed E-state index contributed by atoms with van der Waals surface area (Å²) in [6.45, 7) is 4.26. The van der Waals surface area contributed by atoms with E-state index in [2.05, 4.69) is 21.3 Å². The van der Waals surface area contributed by atoms with Crippen molar-refractivity contribution in [1.29, 1.82) is 0 Å². The monoisotopic (exact) mass is 520 g/mol. The number of aromatic hydroxyl groups is 1. The van der Waals surface area contributed by atoms with Crippen LogP contribution in [0, 0.1) is 5.92 Å². The number of phenolic OH excluding ortho intramolecular Hbond substituents is 1. The smallest absolute Gasteiger partial charge is 0.326 e. The van der Waals surface area contributed by atoms with Crippen LogP contribution in [0.5, 0.6) is 5.75 Å². The van der Waals surface area contributed by atoms with Crippen molar-refractivity contribution in [3.05, 3.63) is 29.8 Å². The number of carboxylic acid groups (broad SMARTS) is 2. The van der Waals surface area contributed by atoms with Crippen LogP contribution in [0.4, 0.5) is 0 Å². The number of phenols is 1. The number of hydrogen-bond donors (Lipinski definition) is 7. The standard InChI is InChI=1S/C25H36N4O8/c1-14(2)12-20(25(36)37)29-23(34)18(9-10-21(31)32)27-24(35)19(13-15-5-7-16(30)8-6-15)28-22(33)17-4-3-11-26-17/h5-8,14,17-20,26,30H,3-4,9-13H2,1-2H3,(H,27,35)(H,28,33)(H,29,34)(H,31,32)(H,36,37). The molecular formula is C25H36N4O8. The molecule has 0 saturated carbocycles. The quantitative estimate of drug-likeness (QED) is 0.178. The number of benzene rings is 1. The summed E-state index contributed by atoms with van der Waals surface area (Å²) in [5.74, 6) is -4.37. The molecule has 1 aromatic carbocycles. The average Bonchev–Trinajstić information content (AvgIpc) is 3.36. The van der Waals surface area contributed by atoms with Gasteiger partial charge >= 0.3 is 11.9 Å². The maximum atomic E-state index is 13.3. The lowest BCUT2D eigenvalue weighted by molar-refractivity contribution is -0.143. The van der Waals surface area contributed by atoms with Gasteiger partial charge in [0, 0.05) is 12.8 Å². The van der Waals surface area contributed by atoms with Crippen LogP contribution < -0.4 is 21.3 Å². The van der Waals surface area contributed by atoms with Gasteiger partial charge in [0.05, 0.1) is 6.04 Å². The Labute approximate surface area is 215 Å². The molecule has 0 aliphatic carbocycles. The SMILES string of the molecule is CC(C)CC(NC(=O)C(CCC(=O)O)NC(=O)C(Cc1ccc(O)cc1)NC(=O)C1CCCN1)C(=O)O. The van der Waals surface area contributed by atoms with E-state index in [0.717, 1.165) is 6.42 Å². The lowest BCUT2D eigenvalue weighted by atomic mass is 10.0. The molecule has 37 heavy (non-hydrogen) atoms. The highest BCUT2D eigenvalue weighted by Crippen LogP contribution is 2.13. The number of rotatable bonds is 14. The molecule has 4 unspecified atom stereocenters. The van der Waals surface area contributed by atoms with Gasteiger partial charge in [-0.1, -0.05) is 26.0 Å². The predicted octanol–water partition coefficient (Wildman–Crippen LogP) is 0.137. The Morgan fingerprint density at radius 1 is 0.946 bits per heavy atom. The number of carbonyl (C=O) groups is 5. The first-order valence-corrected chi connectivity index (χ1v) is 12.3. The fraction of sp³-hybridized carbons (Fsp3) is 0.560. The van der Waals surface area contributed by atoms with Crippen LogP contribution in [-0.2, 0) is 30.4 Å². The van der Waals surface area contributed by atoms with Crippen LogP contribution in [0.15, 0.2) is 24.3 Å². The van der Waals surface area contributed by atoms with Crippen molar-refractivity contribution < 1.29 is 39.3 Å². The molecule has 0 radical (unpaired) electrons. The molecule has 7 N–H and O–H groups in total. The van der Waals surface area contributed by atoms with E-state index in [4.69, 9.17) is 5.11 Å². The molecule has 2 rings (SSSR count). The summed E-state index contributed by atoms with van der Waals surface area (Å²) in [6.07, 6.45) is 0.894. The van der Waals surface area contributed by atoms with E-state index in [-0.39, 0.29) is 36.8 Å². The molecule has 1 aliphatic heterocycles. The van der Waals surface area contributed by atoms with Gasteiger partial charge in [0.25, 0.3) is 0 Å². The first-order chi connectivity index (χ1) is 17.5. The summed E-state index contributed by atoms with van der Waals surface area (Å²) < 4.78 is 0. The van der Waals surface area contributed by atoms with E-state index in [1.807, 2.05) is 0 Å². The lowest BCUT2D eigenvalue weighted by Crippen LogP contribution is -2.57. The third-order valence-electron chi connectivity index (χ3n) is 5.99. The van der Waals surface area contributed by atoms with Crippen molar-refractivity contribution in [2.24, 2.45) is 5.92 Å². The number of carboxylic acids is 2. The molecule has 1 aliphatic rings. The van der Waals surface area contributed by atoms with Gasteiger partial charge in [0.2, 0.25) is 17.7 Å². The lowest BCUT2D eigenvalue weighted by Gasteiger charge is -2.25. The van der Waals surface area contributed by atoms with Gasteiger partial charge in [-0.3, -0.25) is 19.2 Å². The molecule has 4 atom stereocenters. The fourth-order valence-corrected chi connectivity index (χ4v) is 4.03. The minimum absolute atomic E-state index is 0.0312. The van der Waals surface area contributed by atoms with Crippen LogP contribution in [0.3, 0.4) is 0 Å². The summed E-state index contributed by atoms with van der Waals surface area (Å²) in [7, 11) is 0. The topological polar surface area (TPSA) is 194 Å². The highest BCUT2D eigenvalue weighted by atomic mass is 16.4. The number of nitrogens with one attached hydrogen (secondary N) is 4. The van der Waals surface area contributed by atoms with E-state index in [1.54, 1.807) is 26.0 Å². The molecule has 0 bridgehead atoms. The summed E-state index contributed by atoms with van der Waals surface area (Å²) in [4.78, 5) is 61.7. The van der Waals surface area contributed by atoms with E-state index < -0.39 is 54.3 Å². The molecule has 1 aromatic rings. The normalized spacial score (nSPS) is 17.4. The van der Waals surface area contributed by atoms with Gasteiger partial charge in [-0.05, 0) is 55.8 Å². The molecule has 12 heteroatoms. The average molecular weight is 521 g/mol. The number of carbonyl (C=O) groups excluding carboxylic acids is 3. The Morgan fingerprint density at radius 2 is 1.57 bits per heavy atom. The highest BCUT2D eigenvalue weighted by molar-refractivity contribution is 5.94. The van der Waals surface area contributed by atoms with Crippen LogP contribution in [0.25, 0.3) is 0 Å². The Bertz CT molecular complexity index is 960. The van der Waals surface area contributed by atoms with Gasteiger partial charge in [-0.15, -0.1) is 0 Å². The third kappa shape index (κ3) is 10.1. The highest BCUT2D eigenvalue weighted by Gasteiger charge is 2.32. The second-order valence-electron chi connectivity index (χ2n) is 9.60. The number of hydrogen-bond acceptors (Lipinski definition) is 7. The molecule has 1 fully saturated rings. The minimum atomic E-state index is -1.33. The van der Waals surface area contributed by atoms with Gasteiger partial charge in [0.15, 0.2) is 0 Å². The molecule has 204 valence electrons. The first-order valence-electron chi connectivity index (χ1n) is 12.3. The van der Waals surface area contributed by atoms with Crippen molar-refractivity contribution in [2.75, 3.05) is 6.54 Å². The molecule has 12 nitrogen and oxygen atoms in total. The first kappa shape index (κ1) is 29.6. The summed E-state index contributed by atoms with van der Waals surface area (Å²) in [6, 6.07) is 1.95. The number of aliphatic carboxylic acids is 2. The molecule has 0 aromatic heterocycles. The minimum Gasteiger partial charge on any atom is -0.508 e. The summed E-state index contributed by atoms with van der Waals surface area (Å²) in [5, 5.41) is 38.8. The molecule has 1 saturated heterocycles. The number of amides is 3. The maximum Gasteiger partial charge on any atom is 0.326 e. The van der Waals surface area contributed by atoms with Gasteiger partial charge in [0.1, 0.15) is 23.9 Å². The van der Waals surface area contributed by atoms with Crippen LogP contribution in [-0.4, -0.2) is 75.7 Å². The molecular weight excluding hydrogens is 484 g/mol. The van der Waals surface area contributed by atoms with Crippen LogP contribution >= 0.6 is 0 Å². The Morgan fingerprint density at radius 3 is 2.11 bits per heavy atom. The molecule has 0 spiro atoms. The van der Waals surface area contributed by atoms with Crippen molar-refractivity contribution in [2.45, 2.75) is 76.5 Å². The van der Waals surface area contributed by atoms with Crippen molar-refractivity contribution in [3.8, 4) is 5.75 Å².